The van der Waals surface area contributed by atoms with Crippen LogP contribution in [0.5, 0.6) is 0 Å². The van der Waals surface area contributed by atoms with Gasteiger partial charge in [-0.15, -0.1) is 5.10 Å². The fourth-order valence-corrected chi connectivity index (χ4v) is 2.72. The van der Waals surface area contributed by atoms with Crippen LogP contribution in [0.2, 0.25) is 0 Å². The van der Waals surface area contributed by atoms with Crippen molar-refractivity contribution in [2.24, 2.45) is 5.92 Å². The molecule has 0 radical (unpaired) electrons. The Labute approximate surface area is 145 Å². The molecule has 0 unspecified atom stereocenters. The van der Waals surface area contributed by atoms with Crippen molar-refractivity contribution < 1.29 is 4.79 Å². The number of hydrogen-bond acceptors (Lipinski definition) is 4. The van der Waals surface area contributed by atoms with Gasteiger partial charge in [-0.1, -0.05) is 5.21 Å². The van der Waals surface area contributed by atoms with Gasteiger partial charge in [-0.3, -0.25) is 9.48 Å². The van der Waals surface area contributed by atoms with Crippen LogP contribution in [-0.4, -0.2) is 30.5 Å². The molecule has 0 saturated heterocycles. The minimum absolute atomic E-state index is 0.246. The number of rotatable bonds is 5. The minimum atomic E-state index is -0.246. The van der Waals surface area contributed by atoms with Gasteiger partial charge >= 0.3 is 0 Å². The maximum absolute atomic E-state index is 12.3. The third-order valence-electron chi connectivity index (χ3n) is 4.57. The molecule has 7 heteroatoms. The first-order valence-corrected chi connectivity index (χ1v) is 8.42. The van der Waals surface area contributed by atoms with Gasteiger partial charge in [0.1, 0.15) is 0 Å². The van der Waals surface area contributed by atoms with E-state index in [4.69, 9.17) is 0 Å². The van der Waals surface area contributed by atoms with E-state index < -0.39 is 0 Å². The minimum Gasteiger partial charge on any atom is -0.321 e. The largest absolute Gasteiger partial charge is 0.321 e. The van der Waals surface area contributed by atoms with E-state index in [1.165, 1.54) is 12.8 Å². The van der Waals surface area contributed by atoms with Crippen LogP contribution in [0.25, 0.3) is 5.69 Å². The molecular weight excluding hydrogens is 316 g/mol. The number of aromatic nitrogens is 5. The zero-order valence-electron chi connectivity index (χ0n) is 14.3. The number of benzene rings is 1. The van der Waals surface area contributed by atoms with Gasteiger partial charge < -0.3 is 9.88 Å². The van der Waals surface area contributed by atoms with Gasteiger partial charge in [-0.2, -0.15) is 0 Å². The summed E-state index contributed by atoms with van der Waals surface area (Å²) in [6, 6.07) is 7.65. The second-order valence-corrected chi connectivity index (χ2v) is 6.56. The lowest BCUT2D eigenvalue weighted by atomic mass is 10.2. The van der Waals surface area contributed by atoms with Crippen molar-refractivity contribution in [3.05, 3.63) is 53.9 Å². The van der Waals surface area contributed by atoms with Gasteiger partial charge in [0, 0.05) is 23.6 Å². The summed E-state index contributed by atoms with van der Waals surface area (Å²) in [5, 5.41) is 10.8. The first kappa shape index (κ1) is 15.6. The molecule has 1 aliphatic rings. The standard InChI is InChI=1S/C18H20N6O/c1-12-13(2)24(11-19-12)16-7-5-15(6-8-16)20-18(25)17-10-23(22-21-17)9-14-3-4-14/h5-8,10-11,14H,3-4,9H2,1-2H3,(H,20,25). The van der Waals surface area contributed by atoms with Crippen LogP contribution in [0, 0.1) is 19.8 Å². The van der Waals surface area contributed by atoms with Gasteiger partial charge in [0.25, 0.3) is 5.91 Å². The van der Waals surface area contributed by atoms with Crippen molar-refractivity contribution >= 4 is 11.6 Å². The van der Waals surface area contributed by atoms with Crippen LogP contribution in [0.1, 0.15) is 34.7 Å². The molecule has 0 atom stereocenters. The number of aryl methyl sites for hydroxylation is 1. The number of amides is 1. The predicted molar refractivity (Wildman–Crippen MR) is 93.7 cm³/mol. The van der Waals surface area contributed by atoms with E-state index in [1.54, 1.807) is 17.2 Å². The van der Waals surface area contributed by atoms with Gasteiger partial charge in [-0.25, -0.2) is 4.98 Å². The third-order valence-corrected chi connectivity index (χ3v) is 4.57. The molecule has 128 valence electrons. The molecule has 2 heterocycles. The summed E-state index contributed by atoms with van der Waals surface area (Å²) in [7, 11) is 0. The average molecular weight is 336 g/mol. The smallest absolute Gasteiger partial charge is 0.277 e. The summed E-state index contributed by atoms with van der Waals surface area (Å²) < 4.78 is 3.77. The number of nitrogens with one attached hydrogen (secondary N) is 1. The SMILES string of the molecule is Cc1ncn(-c2ccc(NC(=O)c3cn(CC4CC4)nn3)cc2)c1C. The lowest BCUT2D eigenvalue weighted by molar-refractivity contribution is 0.102. The van der Waals surface area contributed by atoms with E-state index in [2.05, 4.69) is 20.6 Å². The molecule has 1 aromatic carbocycles. The summed E-state index contributed by atoms with van der Waals surface area (Å²) >= 11 is 0. The molecule has 2 aromatic heterocycles. The zero-order chi connectivity index (χ0) is 17.4. The Balaban J connectivity index is 1.44. The van der Waals surface area contributed by atoms with Gasteiger partial charge in [0.05, 0.1) is 18.2 Å². The van der Waals surface area contributed by atoms with Crippen LogP contribution in [0.4, 0.5) is 5.69 Å². The van der Waals surface area contributed by atoms with E-state index in [0.29, 0.717) is 11.6 Å². The Bertz CT molecular complexity index is 904. The maximum atomic E-state index is 12.3. The van der Waals surface area contributed by atoms with Crippen LogP contribution in [-0.2, 0) is 6.54 Å². The van der Waals surface area contributed by atoms with Gasteiger partial charge in [0.2, 0.25) is 0 Å². The van der Waals surface area contributed by atoms with Crippen molar-refractivity contribution in [1.29, 1.82) is 0 Å². The quantitative estimate of drug-likeness (QED) is 0.777. The number of hydrogen-bond donors (Lipinski definition) is 1. The van der Waals surface area contributed by atoms with Crippen molar-refractivity contribution in [1.82, 2.24) is 24.5 Å². The molecule has 25 heavy (non-hydrogen) atoms. The highest BCUT2D eigenvalue weighted by Crippen LogP contribution is 2.30. The zero-order valence-corrected chi connectivity index (χ0v) is 14.3. The molecule has 1 amide bonds. The monoisotopic (exact) mass is 336 g/mol. The number of imidazole rings is 1. The van der Waals surface area contributed by atoms with Crippen LogP contribution in [0.15, 0.2) is 36.8 Å². The molecule has 1 saturated carbocycles. The molecule has 1 N–H and O–H groups in total. The average Bonchev–Trinajstić information content (AvgIpc) is 3.19. The Morgan fingerprint density at radius 2 is 2.00 bits per heavy atom. The molecule has 0 aliphatic heterocycles. The lowest BCUT2D eigenvalue weighted by Gasteiger charge is -2.07. The van der Waals surface area contributed by atoms with Gasteiger partial charge in [0.15, 0.2) is 5.69 Å². The Hall–Kier alpha value is -2.96. The van der Waals surface area contributed by atoms with Crippen molar-refractivity contribution in [3.8, 4) is 5.69 Å². The Morgan fingerprint density at radius 3 is 2.64 bits per heavy atom. The molecule has 1 aliphatic carbocycles. The highest BCUT2D eigenvalue weighted by atomic mass is 16.2. The summed E-state index contributed by atoms with van der Waals surface area (Å²) in [6.45, 7) is 4.86. The fourth-order valence-electron chi connectivity index (χ4n) is 2.72. The third kappa shape index (κ3) is 3.31. The fraction of sp³-hybridized carbons (Fsp3) is 0.333. The molecule has 4 rings (SSSR count). The number of carbonyl (C=O) groups excluding carboxylic acids is 1. The molecule has 0 bridgehead atoms. The Morgan fingerprint density at radius 1 is 1.24 bits per heavy atom. The summed E-state index contributed by atoms with van der Waals surface area (Å²) in [5.41, 5.74) is 4.17. The second-order valence-electron chi connectivity index (χ2n) is 6.56. The predicted octanol–water partition coefficient (Wildman–Crippen LogP) is 2.74. The van der Waals surface area contributed by atoms with E-state index in [1.807, 2.05) is 42.7 Å². The first-order chi connectivity index (χ1) is 12.1. The molecule has 1 fully saturated rings. The summed E-state index contributed by atoms with van der Waals surface area (Å²) in [4.78, 5) is 16.6. The molecule has 3 aromatic rings. The van der Waals surface area contributed by atoms with E-state index in [0.717, 1.165) is 29.3 Å². The first-order valence-electron chi connectivity index (χ1n) is 8.42. The van der Waals surface area contributed by atoms with E-state index in [-0.39, 0.29) is 5.91 Å². The van der Waals surface area contributed by atoms with Crippen LogP contribution >= 0.6 is 0 Å². The lowest BCUT2D eigenvalue weighted by Crippen LogP contribution is -2.12. The normalized spacial score (nSPS) is 13.8. The Kier molecular flexibility index (Phi) is 3.83. The summed E-state index contributed by atoms with van der Waals surface area (Å²) in [5.74, 6) is 0.449. The summed E-state index contributed by atoms with van der Waals surface area (Å²) in [6.07, 6.45) is 5.99. The maximum Gasteiger partial charge on any atom is 0.277 e. The molecular formula is C18H20N6O. The van der Waals surface area contributed by atoms with Crippen molar-refractivity contribution in [2.45, 2.75) is 33.2 Å². The number of anilines is 1. The number of nitrogens with zero attached hydrogens (tertiary/aromatic N) is 5. The van der Waals surface area contributed by atoms with Crippen molar-refractivity contribution in [2.75, 3.05) is 5.32 Å². The van der Waals surface area contributed by atoms with E-state index in [9.17, 15) is 4.79 Å². The van der Waals surface area contributed by atoms with Crippen LogP contribution < -0.4 is 5.32 Å². The van der Waals surface area contributed by atoms with Crippen LogP contribution in [0.3, 0.4) is 0 Å². The topological polar surface area (TPSA) is 77.6 Å². The van der Waals surface area contributed by atoms with Crippen molar-refractivity contribution in [3.63, 3.8) is 0 Å². The number of carbonyl (C=O) groups is 1. The highest BCUT2D eigenvalue weighted by Gasteiger charge is 2.23. The second kappa shape index (κ2) is 6.16. The molecule has 0 spiro atoms. The molecule has 7 nitrogen and oxygen atoms in total. The van der Waals surface area contributed by atoms with Gasteiger partial charge in [-0.05, 0) is 56.9 Å². The highest BCUT2D eigenvalue weighted by molar-refractivity contribution is 6.02. The van der Waals surface area contributed by atoms with E-state index >= 15 is 0 Å².